The van der Waals surface area contributed by atoms with E-state index in [4.69, 9.17) is 9.47 Å². The number of benzene rings is 1. The Morgan fingerprint density at radius 2 is 2.07 bits per heavy atom. The predicted molar refractivity (Wildman–Crippen MR) is 116 cm³/mol. The van der Waals surface area contributed by atoms with Crippen molar-refractivity contribution < 1.29 is 23.0 Å². The van der Waals surface area contributed by atoms with Crippen molar-refractivity contribution in [2.45, 2.75) is 39.3 Å². The van der Waals surface area contributed by atoms with Crippen LogP contribution >= 0.6 is 24.0 Å². The van der Waals surface area contributed by atoms with Crippen LogP contribution < -0.4 is 20.1 Å². The number of hydrogen-bond acceptors (Lipinski definition) is 4. The first-order valence-electron chi connectivity index (χ1n) is 9.34. The van der Waals surface area contributed by atoms with Gasteiger partial charge in [0.2, 0.25) is 0 Å². The summed E-state index contributed by atoms with van der Waals surface area (Å²) in [5, 5.41) is 6.36. The van der Waals surface area contributed by atoms with Crippen molar-refractivity contribution in [1.82, 2.24) is 10.6 Å². The Bertz CT molecular complexity index is 602. The van der Waals surface area contributed by atoms with Gasteiger partial charge in [0.25, 0.3) is 0 Å². The van der Waals surface area contributed by atoms with E-state index >= 15 is 0 Å². The maximum Gasteiger partial charge on any atom is 0.387 e. The van der Waals surface area contributed by atoms with E-state index < -0.39 is 6.61 Å². The minimum atomic E-state index is -2.90. The van der Waals surface area contributed by atoms with E-state index in [0.29, 0.717) is 30.4 Å². The summed E-state index contributed by atoms with van der Waals surface area (Å²) in [5.74, 6) is 1.91. The number of hydrogen-bond donors (Lipinski definition) is 2. The van der Waals surface area contributed by atoms with E-state index in [1.807, 2.05) is 6.92 Å². The summed E-state index contributed by atoms with van der Waals surface area (Å²) in [7, 11) is 1.47. The first kappa shape index (κ1) is 24.7. The number of ether oxygens (including phenoxy) is 3. The summed E-state index contributed by atoms with van der Waals surface area (Å²) < 4.78 is 40.5. The molecule has 9 heteroatoms. The molecule has 0 unspecified atom stereocenters. The minimum absolute atomic E-state index is 0. The Labute approximate surface area is 182 Å². The lowest BCUT2D eigenvalue weighted by molar-refractivity contribution is -0.0505. The van der Waals surface area contributed by atoms with E-state index in [-0.39, 0.29) is 36.3 Å². The number of aliphatic imine (C=N–C) groups is 1. The number of guanidine groups is 1. The van der Waals surface area contributed by atoms with Crippen LogP contribution in [0.1, 0.15) is 31.7 Å². The van der Waals surface area contributed by atoms with E-state index in [1.165, 1.54) is 26.0 Å². The molecule has 1 aliphatic rings. The van der Waals surface area contributed by atoms with E-state index in [0.717, 1.165) is 25.5 Å². The van der Waals surface area contributed by atoms with Gasteiger partial charge in [-0.3, -0.25) is 0 Å². The largest absolute Gasteiger partial charge is 0.497 e. The molecule has 0 saturated heterocycles. The molecule has 0 aliphatic heterocycles. The maximum atomic E-state index is 12.6. The van der Waals surface area contributed by atoms with Crippen LogP contribution in [0.3, 0.4) is 0 Å². The monoisotopic (exact) mass is 513 g/mol. The summed E-state index contributed by atoms with van der Waals surface area (Å²) in [6.45, 7) is 2.27. The highest BCUT2D eigenvalue weighted by molar-refractivity contribution is 14.0. The summed E-state index contributed by atoms with van der Waals surface area (Å²) in [6.07, 6.45) is 3.45. The number of nitrogens with one attached hydrogen (secondary N) is 2. The van der Waals surface area contributed by atoms with Gasteiger partial charge in [0.05, 0.1) is 13.7 Å². The second-order valence-electron chi connectivity index (χ2n) is 6.35. The van der Waals surface area contributed by atoms with Crippen molar-refractivity contribution in [3.8, 4) is 11.5 Å². The second kappa shape index (κ2) is 13.8. The first-order chi connectivity index (χ1) is 13.1. The molecule has 1 saturated carbocycles. The molecule has 1 aromatic rings. The molecule has 1 fully saturated rings. The molecule has 160 valence electrons. The molecule has 2 N–H and O–H groups in total. The van der Waals surface area contributed by atoms with E-state index in [1.54, 1.807) is 12.1 Å². The molecule has 28 heavy (non-hydrogen) atoms. The van der Waals surface area contributed by atoms with Crippen molar-refractivity contribution in [1.29, 1.82) is 0 Å². The van der Waals surface area contributed by atoms with Gasteiger partial charge in [0.1, 0.15) is 11.5 Å². The van der Waals surface area contributed by atoms with Gasteiger partial charge >= 0.3 is 6.61 Å². The third-order valence-corrected chi connectivity index (χ3v) is 4.05. The molecule has 1 aromatic carbocycles. The molecule has 0 heterocycles. The van der Waals surface area contributed by atoms with E-state index in [9.17, 15) is 8.78 Å². The normalized spacial score (nSPS) is 13.8. The van der Waals surface area contributed by atoms with Crippen molar-refractivity contribution in [3.05, 3.63) is 23.8 Å². The zero-order valence-electron chi connectivity index (χ0n) is 16.4. The fourth-order valence-corrected chi connectivity index (χ4v) is 2.42. The molecule has 1 aliphatic carbocycles. The Morgan fingerprint density at radius 1 is 1.29 bits per heavy atom. The molecule has 0 amide bonds. The number of rotatable bonds is 12. The quantitative estimate of drug-likeness (QED) is 0.193. The number of methoxy groups -OCH3 is 1. The highest BCUT2D eigenvalue weighted by atomic mass is 127. The van der Waals surface area contributed by atoms with Crippen LogP contribution in [0.4, 0.5) is 8.78 Å². The van der Waals surface area contributed by atoms with Crippen molar-refractivity contribution in [3.63, 3.8) is 0 Å². The highest BCUT2D eigenvalue weighted by Crippen LogP contribution is 2.28. The van der Waals surface area contributed by atoms with Crippen molar-refractivity contribution in [2.75, 3.05) is 33.4 Å². The number of nitrogens with zero attached hydrogens (tertiary/aromatic N) is 1. The SMILES string of the molecule is CCNC(=NCc1ccc(OC)cc1OC(F)F)NCCCOCC1CC1.I. The fourth-order valence-electron chi connectivity index (χ4n) is 2.42. The molecular weight excluding hydrogens is 483 g/mol. The Kier molecular flexibility index (Phi) is 12.1. The molecule has 0 spiro atoms. The maximum absolute atomic E-state index is 12.6. The van der Waals surface area contributed by atoms with Gasteiger partial charge in [-0.05, 0) is 44.2 Å². The van der Waals surface area contributed by atoms with Gasteiger partial charge in [-0.1, -0.05) is 0 Å². The van der Waals surface area contributed by atoms with Gasteiger partial charge in [-0.15, -0.1) is 24.0 Å². The van der Waals surface area contributed by atoms with Gasteiger partial charge in [0.15, 0.2) is 5.96 Å². The van der Waals surface area contributed by atoms with Crippen LogP contribution in [0, 0.1) is 5.92 Å². The zero-order chi connectivity index (χ0) is 19.5. The minimum Gasteiger partial charge on any atom is -0.497 e. The van der Waals surface area contributed by atoms with Crippen molar-refractivity contribution >= 4 is 29.9 Å². The zero-order valence-corrected chi connectivity index (χ0v) is 18.7. The molecule has 0 radical (unpaired) electrons. The standard InChI is InChI=1S/C19H29F2N3O3.HI/c1-3-22-19(23-9-4-10-26-13-14-5-6-14)24-12-15-7-8-16(25-2)11-17(15)27-18(20)21;/h7-8,11,14,18H,3-6,9-10,12-13H2,1-2H3,(H2,22,23,24);1H. The molecule has 6 nitrogen and oxygen atoms in total. The summed E-state index contributed by atoms with van der Waals surface area (Å²) >= 11 is 0. The summed E-state index contributed by atoms with van der Waals surface area (Å²) in [4.78, 5) is 4.45. The molecular formula is C19H30F2IN3O3. The lowest BCUT2D eigenvalue weighted by atomic mass is 10.2. The smallest absolute Gasteiger partial charge is 0.387 e. The number of halogens is 3. The van der Waals surface area contributed by atoms with Gasteiger partial charge < -0.3 is 24.8 Å². The van der Waals surface area contributed by atoms with Crippen LogP contribution in [-0.4, -0.2) is 46.0 Å². The fraction of sp³-hybridized carbons (Fsp3) is 0.632. The summed E-state index contributed by atoms with van der Waals surface area (Å²) in [5.41, 5.74) is 0.557. The van der Waals surface area contributed by atoms with Crippen LogP contribution in [0.15, 0.2) is 23.2 Å². The second-order valence-corrected chi connectivity index (χ2v) is 6.35. The molecule has 2 rings (SSSR count). The lowest BCUT2D eigenvalue weighted by Crippen LogP contribution is -2.38. The average Bonchev–Trinajstić information content (AvgIpc) is 3.47. The van der Waals surface area contributed by atoms with Crippen LogP contribution in [-0.2, 0) is 11.3 Å². The highest BCUT2D eigenvalue weighted by Gasteiger charge is 2.20. The summed E-state index contributed by atoms with van der Waals surface area (Å²) in [6, 6.07) is 4.81. The predicted octanol–water partition coefficient (Wildman–Crippen LogP) is 3.79. The number of alkyl halides is 2. The third-order valence-electron chi connectivity index (χ3n) is 4.05. The van der Waals surface area contributed by atoms with Gasteiger partial charge in [-0.2, -0.15) is 8.78 Å². The molecule has 0 bridgehead atoms. The van der Waals surface area contributed by atoms with Crippen LogP contribution in [0.5, 0.6) is 11.5 Å². The van der Waals surface area contributed by atoms with Crippen molar-refractivity contribution in [2.24, 2.45) is 10.9 Å². The molecule has 0 aromatic heterocycles. The Morgan fingerprint density at radius 3 is 2.71 bits per heavy atom. The Balaban J connectivity index is 0.00000392. The Hall–Kier alpha value is -1.36. The third kappa shape index (κ3) is 9.72. The average molecular weight is 513 g/mol. The first-order valence-corrected chi connectivity index (χ1v) is 9.34. The van der Waals surface area contributed by atoms with E-state index in [2.05, 4.69) is 20.4 Å². The topological polar surface area (TPSA) is 64.1 Å². The van der Waals surface area contributed by atoms with Crippen LogP contribution in [0.2, 0.25) is 0 Å². The van der Waals surface area contributed by atoms with Crippen LogP contribution in [0.25, 0.3) is 0 Å². The molecule has 0 atom stereocenters. The van der Waals surface area contributed by atoms with Gasteiger partial charge in [0, 0.05) is 37.9 Å². The van der Waals surface area contributed by atoms with Gasteiger partial charge in [-0.25, -0.2) is 4.99 Å². The lowest BCUT2D eigenvalue weighted by Gasteiger charge is -2.13.